The Morgan fingerprint density at radius 1 is 1.47 bits per heavy atom. The largest absolute Gasteiger partial charge is 0.461 e. The van der Waals surface area contributed by atoms with Crippen LogP contribution in [0.2, 0.25) is 0 Å². The molecule has 6 heteroatoms. The fourth-order valence-corrected chi connectivity index (χ4v) is 2.19. The van der Waals surface area contributed by atoms with Crippen LogP contribution >= 0.6 is 11.3 Å². The van der Waals surface area contributed by atoms with E-state index in [1.165, 1.54) is 11.3 Å². The second-order valence-corrected chi connectivity index (χ2v) is 4.75. The first-order valence-electron chi connectivity index (χ1n) is 5.74. The van der Waals surface area contributed by atoms with E-state index < -0.39 is 0 Å². The summed E-state index contributed by atoms with van der Waals surface area (Å²) in [5.41, 5.74) is 5.72. The van der Waals surface area contributed by atoms with Gasteiger partial charge in [-0.1, -0.05) is 25.2 Å². The SMILES string of the molecule is CCCOC(=O)c1sc(N(C)CCC)nc1N. The van der Waals surface area contributed by atoms with Crippen LogP contribution in [0.5, 0.6) is 0 Å². The Bertz CT molecular complexity index is 379. The molecule has 1 aromatic heterocycles. The van der Waals surface area contributed by atoms with Gasteiger partial charge < -0.3 is 15.4 Å². The molecule has 2 N–H and O–H groups in total. The third-order valence-electron chi connectivity index (χ3n) is 2.15. The number of carbonyl (C=O) groups excluding carboxylic acids is 1. The predicted molar refractivity (Wildman–Crippen MR) is 70.7 cm³/mol. The van der Waals surface area contributed by atoms with Crippen molar-refractivity contribution in [1.82, 2.24) is 4.98 Å². The molecule has 0 spiro atoms. The molecule has 0 aromatic carbocycles. The van der Waals surface area contributed by atoms with Crippen LogP contribution in [0.25, 0.3) is 0 Å². The quantitative estimate of drug-likeness (QED) is 0.791. The minimum absolute atomic E-state index is 0.258. The molecule has 1 aromatic rings. The van der Waals surface area contributed by atoms with Crippen LogP contribution in [-0.4, -0.2) is 31.2 Å². The first-order valence-corrected chi connectivity index (χ1v) is 6.56. The number of esters is 1. The molecule has 0 saturated carbocycles. The van der Waals surface area contributed by atoms with Gasteiger partial charge in [0.25, 0.3) is 0 Å². The number of rotatable bonds is 6. The lowest BCUT2D eigenvalue weighted by atomic mass is 10.4. The molecule has 0 fully saturated rings. The zero-order valence-corrected chi connectivity index (χ0v) is 11.3. The fraction of sp³-hybridized carbons (Fsp3) is 0.636. The highest BCUT2D eigenvalue weighted by atomic mass is 32.1. The molecule has 0 atom stereocenters. The molecule has 96 valence electrons. The monoisotopic (exact) mass is 257 g/mol. The molecule has 0 aliphatic heterocycles. The van der Waals surface area contributed by atoms with Crippen molar-refractivity contribution in [2.45, 2.75) is 26.7 Å². The maximum Gasteiger partial charge on any atom is 0.352 e. The van der Waals surface area contributed by atoms with Crippen molar-refractivity contribution in [1.29, 1.82) is 0 Å². The van der Waals surface area contributed by atoms with Crippen LogP contribution in [0.1, 0.15) is 36.4 Å². The number of nitrogen functional groups attached to an aromatic ring is 1. The van der Waals surface area contributed by atoms with Crippen LogP contribution in [0, 0.1) is 0 Å². The Labute approximate surface area is 106 Å². The summed E-state index contributed by atoms with van der Waals surface area (Å²) in [5, 5.41) is 0.757. The third-order valence-corrected chi connectivity index (χ3v) is 3.32. The second kappa shape index (κ2) is 6.44. The van der Waals surface area contributed by atoms with Gasteiger partial charge in [-0.15, -0.1) is 0 Å². The fourth-order valence-electron chi connectivity index (χ4n) is 1.32. The summed E-state index contributed by atoms with van der Waals surface area (Å²) in [4.78, 5) is 18.2. The highest BCUT2D eigenvalue weighted by molar-refractivity contribution is 7.18. The topological polar surface area (TPSA) is 68.5 Å². The van der Waals surface area contributed by atoms with E-state index >= 15 is 0 Å². The van der Waals surface area contributed by atoms with Crippen molar-refractivity contribution in [2.75, 3.05) is 30.8 Å². The maximum atomic E-state index is 11.7. The number of nitrogens with two attached hydrogens (primary N) is 1. The lowest BCUT2D eigenvalue weighted by Gasteiger charge is -2.13. The summed E-state index contributed by atoms with van der Waals surface area (Å²) in [6.07, 6.45) is 1.82. The first kappa shape index (κ1) is 13.8. The Morgan fingerprint density at radius 3 is 2.76 bits per heavy atom. The zero-order chi connectivity index (χ0) is 12.8. The van der Waals surface area contributed by atoms with E-state index in [2.05, 4.69) is 11.9 Å². The number of hydrogen-bond acceptors (Lipinski definition) is 6. The smallest absolute Gasteiger partial charge is 0.352 e. The summed E-state index contributed by atoms with van der Waals surface area (Å²) >= 11 is 1.28. The van der Waals surface area contributed by atoms with E-state index in [1.807, 2.05) is 18.9 Å². The summed E-state index contributed by atoms with van der Waals surface area (Å²) in [6.45, 7) is 5.33. The molecular weight excluding hydrogens is 238 g/mol. The average molecular weight is 257 g/mol. The van der Waals surface area contributed by atoms with E-state index in [9.17, 15) is 4.79 Å². The number of nitrogens with zero attached hydrogens (tertiary/aromatic N) is 2. The Hall–Kier alpha value is -1.30. The molecule has 0 bridgehead atoms. The summed E-state index contributed by atoms with van der Waals surface area (Å²) in [7, 11) is 1.93. The highest BCUT2D eigenvalue weighted by Gasteiger charge is 2.18. The van der Waals surface area contributed by atoms with Gasteiger partial charge >= 0.3 is 5.97 Å². The molecule has 5 nitrogen and oxygen atoms in total. The second-order valence-electron chi connectivity index (χ2n) is 3.77. The Morgan fingerprint density at radius 2 is 2.18 bits per heavy atom. The normalized spacial score (nSPS) is 10.3. The van der Waals surface area contributed by atoms with E-state index in [4.69, 9.17) is 10.5 Å². The van der Waals surface area contributed by atoms with E-state index in [1.54, 1.807) is 0 Å². The van der Waals surface area contributed by atoms with Gasteiger partial charge in [0.15, 0.2) is 15.8 Å². The van der Waals surface area contributed by atoms with Gasteiger partial charge in [-0.05, 0) is 12.8 Å². The van der Waals surface area contributed by atoms with Crippen molar-refractivity contribution in [3.63, 3.8) is 0 Å². The molecule has 0 saturated heterocycles. The van der Waals surface area contributed by atoms with Crippen LogP contribution < -0.4 is 10.6 Å². The number of carbonyl (C=O) groups is 1. The van der Waals surface area contributed by atoms with Crippen molar-refractivity contribution in [2.24, 2.45) is 0 Å². The van der Waals surface area contributed by atoms with E-state index in [0.717, 1.165) is 24.5 Å². The lowest BCUT2D eigenvalue weighted by molar-refractivity contribution is 0.0512. The highest BCUT2D eigenvalue weighted by Crippen LogP contribution is 2.28. The summed E-state index contributed by atoms with van der Waals surface area (Å²) in [6, 6.07) is 0. The van der Waals surface area contributed by atoms with Crippen molar-refractivity contribution in [3.8, 4) is 0 Å². The zero-order valence-electron chi connectivity index (χ0n) is 10.5. The molecule has 0 amide bonds. The van der Waals surface area contributed by atoms with E-state index in [0.29, 0.717) is 11.5 Å². The molecule has 17 heavy (non-hydrogen) atoms. The molecule has 1 heterocycles. The minimum atomic E-state index is -0.377. The van der Waals surface area contributed by atoms with Crippen LogP contribution in [0.15, 0.2) is 0 Å². The van der Waals surface area contributed by atoms with Gasteiger partial charge in [-0.25, -0.2) is 9.78 Å². The van der Waals surface area contributed by atoms with Gasteiger partial charge in [-0.3, -0.25) is 0 Å². The molecular formula is C11H19N3O2S. The minimum Gasteiger partial charge on any atom is -0.461 e. The maximum absolute atomic E-state index is 11.7. The van der Waals surface area contributed by atoms with E-state index in [-0.39, 0.29) is 11.8 Å². The van der Waals surface area contributed by atoms with Crippen LogP contribution in [0.4, 0.5) is 10.9 Å². The standard InChI is InChI=1S/C11H19N3O2S/c1-4-6-14(3)11-13-9(12)8(17-11)10(15)16-7-5-2/h4-7,12H2,1-3H3. The van der Waals surface area contributed by atoms with Crippen molar-refractivity contribution >= 4 is 28.3 Å². The van der Waals surface area contributed by atoms with Crippen LogP contribution in [-0.2, 0) is 4.74 Å². The average Bonchev–Trinajstić information content (AvgIpc) is 2.68. The van der Waals surface area contributed by atoms with Crippen molar-refractivity contribution in [3.05, 3.63) is 4.88 Å². The third kappa shape index (κ3) is 3.59. The number of anilines is 2. The molecule has 0 unspecified atom stereocenters. The van der Waals surface area contributed by atoms with Crippen molar-refractivity contribution < 1.29 is 9.53 Å². The molecule has 0 aliphatic carbocycles. The van der Waals surface area contributed by atoms with Gasteiger partial charge in [0.2, 0.25) is 0 Å². The van der Waals surface area contributed by atoms with Gasteiger partial charge in [0, 0.05) is 13.6 Å². The number of thiazole rings is 1. The van der Waals surface area contributed by atoms with Crippen LogP contribution in [0.3, 0.4) is 0 Å². The lowest BCUT2D eigenvalue weighted by Crippen LogP contribution is -2.17. The number of hydrogen-bond donors (Lipinski definition) is 1. The number of aromatic nitrogens is 1. The number of ether oxygens (including phenoxy) is 1. The molecule has 0 radical (unpaired) electrons. The predicted octanol–water partition coefficient (Wildman–Crippen LogP) is 2.14. The Kier molecular flexibility index (Phi) is 5.21. The summed E-state index contributed by atoms with van der Waals surface area (Å²) < 4.78 is 5.04. The Balaban J connectivity index is 2.77. The van der Waals surface area contributed by atoms with Gasteiger partial charge in [0.1, 0.15) is 0 Å². The molecule has 1 rings (SSSR count). The molecule has 0 aliphatic rings. The van der Waals surface area contributed by atoms with Gasteiger partial charge in [-0.2, -0.15) is 0 Å². The summed E-state index contributed by atoms with van der Waals surface area (Å²) in [5.74, 6) is -0.118. The first-order chi connectivity index (χ1) is 8.10. The van der Waals surface area contributed by atoms with Gasteiger partial charge in [0.05, 0.1) is 6.61 Å².